The van der Waals surface area contributed by atoms with E-state index in [1.807, 2.05) is 0 Å². The first kappa shape index (κ1) is 12.0. The molecule has 0 amide bonds. The Bertz CT molecular complexity index is 318. The Labute approximate surface area is 86.5 Å². The molecule has 1 aromatic carbocycles. The van der Waals surface area contributed by atoms with Gasteiger partial charge in [-0.1, -0.05) is 18.2 Å². The van der Waals surface area contributed by atoms with Crippen molar-refractivity contribution < 1.29 is 18.3 Å². The number of benzene rings is 1. The van der Waals surface area contributed by atoms with Gasteiger partial charge >= 0.3 is 6.18 Å². The molecule has 0 aliphatic rings. The van der Waals surface area contributed by atoms with E-state index in [0.29, 0.717) is 18.4 Å². The molecule has 0 aromatic heterocycles. The summed E-state index contributed by atoms with van der Waals surface area (Å²) in [5, 5.41) is 9.02. The van der Waals surface area contributed by atoms with Crippen LogP contribution in [0.5, 0.6) is 0 Å². The molecule has 1 atom stereocenters. The normalized spacial score (nSPS) is 13.9. The van der Waals surface area contributed by atoms with E-state index in [-0.39, 0.29) is 0 Å². The molecule has 1 N–H and O–H groups in total. The largest absolute Gasteiger partial charge is 0.416 e. The van der Waals surface area contributed by atoms with Crippen LogP contribution in [0.2, 0.25) is 0 Å². The summed E-state index contributed by atoms with van der Waals surface area (Å²) >= 11 is 0. The Kier molecular flexibility index (Phi) is 3.74. The lowest BCUT2D eigenvalue weighted by Crippen LogP contribution is -2.06. The van der Waals surface area contributed by atoms with Gasteiger partial charge in [-0.2, -0.15) is 13.2 Å². The molecule has 0 spiro atoms. The van der Waals surface area contributed by atoms with Crippen LogP contribution in [0.1, 0.15) is 24.5 Å². The third-order valence-electron chi connectivity index (χ3n) is 2.11. The molecule has 0 fully saturated rings. The molecule has 0 saturated carbocycles. The highest BCUT2D eigenvalue weighted by Gasteiger charge is 2.30. The Hall–Kier alpha value is -1.03. The van der Waals surface area contributed by atoms with Gasteiger partial charge in [0.1, 0.15) is 0 Å². The molecule has 0 aliphatic carbocycles. The van der Waals surface area contributed by atoms with Crippen molar-refractivity contribution in [2.24, 2.45) is 0 Å². The smallest absolute Gasteiger partial charge is 0.393 e. The maximum atomic E-state index is 12.3. The van der Waals surface area contributed by atoms with Crippen molar-refractivity contribution in [3.05, 3.63) is 35.4 Å². The van der Waals surface area contributed by atoms with Crippen molar-refractivity contribution in [1.82, 2.24) is 0 Å². The predicted octanol–water partition coefficient (Wildman–Crippen LogP) is 3.02. The molecule has 1 rings (SSSR count). The third kappa shape index (κ3) is 3.91. The number of halogens is 3. The number of rotatable bonds is 3. The second kappa shape index (κ2) is 4.66. The number of hydrogen-bond donors (Lipinski definition) is 1. The minimum atomic E-state index is -4.29. The van der Waals surface area contributed by atoms with Crippen molar-refractivity contribution in [1.29, 1.82) is 0 Å². The van der Waals surface area contributed by atoms with Gasteiger partial charge in [0, 0.05) is 0 Å². The number of alkyl halides is 3. The van der Waals surface area contributed by atoms with Gasteiger partial charge in [-0.3, -0.25) is 0 Å². The summed E-state index contributed by atoms with van der Waals surface area (Å²) in [6.45, 7) is 1.62. The number of aliphatic hydroxyl groups is 1. The highest BCUT2D eigenvalue weighted by Crippen LogP contribution is 2.29. The van der Waals surface area contributed by atoms with Crippen LogP contribution in [-0.4, -0.2) is 11.2 Å². The summed E-state index contributed by atoms with van der Waals surface area (Å²) < 4.78 is 37.0. The number of aliphatic hydroxyl groups excluding tert-OH is 1. The van der Waals surface area contributed by atoms with E-state index in [1.165, 1.54) is 6.07 Å². The summed E-state index contributed by atoms with van der Waals surface area (Å²) in [4.78, 5) is 0. The first-order valence-electron chi connectivity index (χ1n) is 4.74. The van der Waals surface area contributed by atoms with Crippen LogP contribution < -0.4 is 0 Å². The molecular formula is C11H13F3O. The fraction of sp³-hybridized carbons (Fsp3) is 0.455. The zero-order valence-corrected chi connectivity index (χ0v) is 8.38. The van der Waals surface area contributed by atoms with Crippen molar-refractivity contribution in [3.8, 4) is 0 Å². The summed E-state index contributed by atoms with van der Waals surface area (Å²) in [5.41, 5.74) is -0.0312. The van der Waals surface area contributed by atoms with E-state index in [2.05, 4.69) is 0 Å². The molecule has 0 heterocycles. The van der Waals surface area contributed by atoms with Crippen LogP contribution in [0, 0.1) is 0 Å². The molecule has 0 radical (unpaired) electrons. The van der Waals surface area contributed by atoms with Crippen molar-refractivity contribution in [3.63, 3.8) is 0 Å². The monoisotopic (exact) mass is 218 g/mol. The first-order valence-corrected chi connectivity index (χ1v) is 4.74. The Morgan fingerprint density at radius 2 is 2.00 bits per heavy atom. The topological polar surface area (TPSA) is 20.2 Å². The first-order chi connectivity index (χ1) is 6.89. The minimum Gasteiger partial charge on any atom is -0.393 e. The molecule has 0 bridgehead atoms. The van der Waals surface area contributed by atoms with E-state index < -0.39 is 17.8 Å². The Morgan fingerprint density at radius 3 is 2.53 bits per heavy atom. The van der Waals surface area contributed by atoms with Gasteiger partial charge < -0.3 is 5.11 Å². The summed E-state index contributed by atoms with van der Waals surface area (Å²) in [5.74, 6) is 0. The average Bonchev–Trinajstić information content (AvgIpc) is 2.14. The third-order valence-corrected chi connectivity index (χ3v) is 2.11. The Morgan fingerprint density at radius 1 is 1.33 bits per heavy atom. The molecule has 15 heavy (non-hydrogen) atoms. The van der Waals surface area contributed by atoms with Gasteiger partial charge in [-0.05, 0) is 31.4 Å². The lowest BCUT2D eigenvalue weighted by molar-refractivity contribution is -0.137. The molecule has 0 unspecified atom stereocenters. The van der Waals surface area contributed by atoms with Crippen LogP contribution >= 0.6 is 0 Å². The van der Waals surface area contributed by atoms with E-state index in [9.17, 15) is 13.2 Å². The molecule has 1 aromatic rings. The van der Waals surface area contributed by atoms with Gasteiger partial charge in [-0.25, -0.2) is 0 Å². The van der Waals surface area contributed by atoms with E-state index in [4.69, 9.17) is 5.11 Å². The average molecular weight is 218 g/mol. The molecule has 0 saturated heterocycles. The SMILES string of the molecule is C[C@H](O)CCc1cccc(C(F)(F)F)c1. The van der Waals surface area contributed by atoms with E-state index >= 15 is 0 Å². The van der Waals surface area contributed by atoms with Crippen LogP contribution in [0.3, 0.4) is 0 Å². The van der Waals surface area contributed by atoms with Crippen molar-refractivity contribution >= 4 is 0 Å². The fourth-order valence-corrected chi connectivity index (χ4v) is 1.28. The number of hydrogen-bond acceptors (Lipinski definition) is 1. The maximum absolute atomic E-state index is 12.3. The molecular weight excluding hydrogens is 205 g/mol. The van der Waals surface area contributed by atoms with Crippen LogP contribution in [0.25, 0.3) is 0 Å². The van der Waals surface area contributed by atoms with E-state index in [1.54, 1.807) is 13.0 Å². The second-order valence-electron chi connectivity index (χ2n) is 3.59. The zero-order valence-electron chi connectivity index (χ0n) is 8.38. The van der Waals surface area contributed by atoms with Crippen LogP contribution in [0.15, 0.2) is 24.3 Å². The van der Waals surface area contributed by atoms with Crippen LogP contribution in [-0.2, 0) is 12.6 Å². The van der Waals surface area contributed by atoms with Gasteiger partial charge in [0.2, 0.25) is 0 Å². The minimum absolute atomic E-state index is 0.460. The second-order valence-corrected chi connectivity index (χ2v) is 3.59. The highest BCUT2D eigenvalue weighted by atomic mass is 19.4. The highest BCUT2D eigenvalue weighted by molar-refractivity contribution is 5.25. The summed E-state index contributed by atoms with van der Waals surface area (Å²) in [6, 6.07) is 5.20. The van der Waals surface area contributed by atoms with Crippen LogP contribution in [0.4, 0.5) is 13.2 Å². The maximum Gasteiger partial charge on any atom is 0.416 e. The summed E-state index contributed by atoms with van der Waals surface area (Å²) in [6.07, 6.45) is -3.84. The van der Waals surface area contributed by atoms with Crippen molar-refractivity contribution in [2.75, 3.05) is 0 Å². The quantitative estimate of drug-likeness (QED) is 0.826. The predicted molar refractivity (Wildman–Crippen MR) is 51.4 cm³/mol. The van der Waals surface area contributed by atoms with Crippen molar-refractivity contribution in [2.45, 2.75) is 32.0 Å². The van der Waals surface area contributed by atoms with E-state index in [0.717, 1.165) is 12.1 Å². The molecule has 0 aliphatic heterocycles. The number of aryl methyl sites for hydroxylation is 1. The zero-order chi connectivity index (χ0) is 11.5. The summed E-state index contributed by atoms with van der Waals surface area (Å²) in [7, 11) is 0. The Balaban J connectivity index is 2.75. The molecule has 1 nitrogen and oxygen atoms in total. The fourth-order valence-electron chi connectivity index (χ4n) is 1.28. The van der Waals surface area contributed by atoms with Gasteiger partial charge in [0.15, 0.2) is 0 Å². The molecule has 4 heteroatoms. The standard InChI is InChI=1S/C11H13F3O/c1-8(15)5-6-9-3-2-4-10(7-9)11(12,13)14/h2-4,7-8,15H,5-6H2,1H3/t8-/m0/s1. The van der Waals surface area contributed by atoms with Gasteiger partial charge in [0.05, 0.1) is 11.7 Å². The van der Waals surface area contributed by atoms with Gasteiger partial charge in [-0.15, -0.1) is 0 Å². The van der Waals surface area contributed by atoms with Gasteiger partial charge in [0.25, 0.3) is 0 Å². The lowest BCUT2D eigenvalue weighted by Gasteiger charge is -2.09. The molecule has 84 valence electrons. The lowest BCUT2D eigenvalue weighted by atomic mass is 10.0.